The number of esters is 2. The van der Waals surface area contributed by atoms with Crippen molar-refractivity contribution in [1.82, 2.24) is 4.98 Å². The van der Waals surface area contributed by atoms with E-state index in [0.29, 0.717) is 35.5 Å². The van der Waals surface area contributed by atoms with E-state index in [1.807, 2.05) is 39.0 Å². The van der Waals surface area contributed by atoms with Crippen molar-refractivity contribution < 1.29 is 47.5 Å². The number of ether oxygens (including phenoxy) is 7. The van der Waals surface area contributed by atoms with Gasteiger partial charge in [-0.1, -0.05) is 49.4 Å². The monoisotopic (exact) mass is 724 g/mol. The number of nitrogens with zero attached hydrogens (tertiary/aromatic N) is 2. The molecule has 2 unspecified atom stereocenters. The SMILES string of the molecule is [B]C(=O)N(CCCOc1cc2c(c(OCOC)c1)C(=O)O[C@@H](C)[C@H](C)/C=C\C(OC(=O)c1ccccc1)C1OC(C)(C)O[C@H]1CC=C2)c1ccccn1. The van der Waals surface area contributed by atoms with Crippen LogP contribution in [0.2, 0.25) is 0 Å². The van der Waals surface area contributed by atoms with E-state index in [1.165, 1.54) is 12.0 Å². The minimum atomic E-state index is -0.957. The fraction of sp³-hybridized carbons (Fsp3) is 0.400. The number of aromatic nitrogens is 1. The predicted molar refractivity (Wildman–Crippen MR) is 198 cm³/mol. The van der Waals surface area contributed by atoms with E-state index >= 15 is 0 Å². The maximum atomic E-state index is 13.9. The lowest BCUT2D eigenvalue weighted by Crippen LogP contribution is -2.37. The molecule has 1 saturated heterocycles. The molecule has 0 saturated carbocycles. The zero-order valence-electron chi connectivity index (χ0n) is 30.6. The summed E-state index contributed by atoms with van der Waals surface area (Å²) in [5, 5.41) is 0. The summed E-state index contributed by atoms with van der Waals surface area (Å²) in [7, 11) is 7.09. The molecule has 13 heteroatoms. The number of fused-ring (bicyclic) bond motifs is 2. The van der Waals surface area contributed by atoms with Gasteiger partial charge in [-0.05, 0) is 75.6 Å². The van der Waals surface area contributed by atoms with Gasteiger partial charge in [0.1, 0.15) is 41.2 Å². The van der Waals surface area contributed by atoms with E-state index < -0.39 is 47.9 Å². The third-order valence-corrected chi connectivity index (χ3v) is 8.73. The standard InChI is InChI=1S/C40H45BN2O10/c1-26-18-19-31(51-37(44)28-13-7-6-8-14-28)36-32(52-40(3,4)53-36)16-11-15-29-23-30(24-33(49-25-47-5)35(29)38(45)50-27(26)2)48-22-12-21-43(39(41)46)34-17-9-10-20-42-34/h6-11,13-15,17-20,23-24,26-27,31-32,36H,12,16,21-22,25H2,1-5H3/b15-11?,19-18-/t26-,27+,31?,32+,36?/m1/s1. The summed E-state index contributed by atoms with van der Waals surface area (Å²) < 4.78 is 41.9. The maximum absolute atomic E-state index is 13.9. The molecule has 0 N–H and O–H groups in total. The van der Waals surface area contributed by atoms with Crippen LogP contribution in [0.5, 0.6) is 11.5 Å². The van der Waals surface area contributed by atoms with Gasteiger partial charge in [0.15, 0.2) is 18.4 Å². The molecule has 2 aliphatic rings. The van der Waals surface area contributed by atoms with Crippen LogP contribution >= 0.6 is 0 Å². The van der Waals surface area contributed by atoms with Gasteiger partial charge in [-0.25, -0.2) is 14.6 Å². The summed E-state index contributed by atoms with van der Waals surface area (Å²) in [6.07, 6.45) is 7.05. The van der Waals surface area contributed by atoms with Gasteiger partial charge in [0.05, 0.1) is 18.3 Å². The number of benzene rings is 2. The number of rotatable bonds is 11. The van der Waals surface area contributed by atoms with E-state index in [-0.39, 0.29) is 37.2 Å². The van der Waals surface area contributed by atoms with E-state index in [9.17, 15) is 14.4 Å². The number of anilines is 1. The van der Waals surface area contributed by atoms with Gasteiger partial charge in [0.25, 0.3) is 0 Å². The highest BCUT2D eigenvalue weighted by molar-refractivity contribution is 6.60. The number of carbonyl (C=O) groups excluding carboxylic acids is 3. The average molecular weight is 725 g/mol. The molecule has 2 radical (unpaired) electrons. The molecule has 278 valence electrons. The van der Waals surface area contributed by atoms with Crippen LogP contribution in [0, 0.1) is 5.92 Å². The van der Waals surface area contributed by atoms with Crippen molar-refractivity contribution >= 4 is 37.5 Å². The van der Waals surface area contributed by atoms with Crippen LogP contribution in [-0.4, -0.2) is 87.8 Å². The summed E-state index contributed by atoms with van der Waals surface area (Å²) in [4.78, 5) is 44.8. The third-order valence-electron chi connectivity index (χ3n) is 8.73. The molecule has 0 spiro atoms. The van der Waals surface area contributed by atoms with Crippen molar-refractivity contribution in [2.24, 2.45) is 5.92 Å². The molecule has 12 nitrogen and oxygen atoms in total. The lowest BCUT2D eigenvalue weighted by Gasteiger charge is -2.26. The smallest absolute Gasteiger partial charge is 0.342 e. The molecule has 3 heterocycles. The third kappa shape index (κ3) is 10.6. The lowest BCUT2D eigenvalue weighted by molar-refractivity contribution is -0.152. The van der Waals surface area contributed by atoms with Crippen molar-refractivity contribution in [3.05, 3.63) is 102 Å². The molecule has 1 amide bonds. The number of pyridine rings is 1. The Balaban J connectivity index is 1.44. The number of cyclic esters (lactones) is 1. The molecule has 2 aromatic carbocycles. The van der Waals surface area contributed by atoms with E-state index in [2.05, 4.69) is 4.98 Å². The minimum absolute atomic E-state index is 0.133. The maximum Gasteiger partial charge on any atom is 0.342 e. The Kier molecular flexibility index (Phi) is 13.5. The molecule has 5 atom stereocenters. The van der Waals surface area contributed by atoms with Gasteiger partial charge < -0.3 is 38.1 Å². The minimum Gasteiger partial charge on any atom is -0.493 e. The molecule has 1 fully saturated rings. The zero-order chi connectivity index (χ0) is 38.0. The Morgan fingerprint density at radius 2 is 1.79 bits per heavy atom. The molecule has 53 heavy (non-hydrogen) atoms. The first-order valence-corrected chi connectivity index (χ1v) is 17.5. The molecule has 0 bridgehead atoms. The fourth-order valence-electron chi connectivity index (χ4n) is 5.95. The van der Waals surface area contributed by atoms with Gasteiger partial charge in [0.2, 0.25) is 7.85 Å². The van der Waals surface area contributed by atoms with Crippen molar-refractivity contribution in [3.63, 3.8) is 0 Å². The molecular formula is C40H45BN2O10. The fourth-order valence-corrected chi connectivity index (χ4v) is 5.95. The van der Waals surface area contributed by atoms with Gasteiger partial charge >= 0.3 is 11.9 Å². The highest BCUT2D eigenvalue weighted by Crippen LogP contribution is 2.36. The van der Waals surface area contributed by atoms with Crippen LogP contribution in [0.25, 0.3) is 6.08 Å². The Labute approximate surface area is 311 Å². The van der Waals surface area contributed by atoms with Crippen molar-refractivity contribution in [2.45, 2.75) is 70.7 Å². The van der Waals surface area contributed by atoms with Crippen molar-refractivity contribution in [2.75, 3.05) is 32.0 Å². The molecule has 2 aliphatic heterocycles. The first-order valence-electron chi connectivity index (χ1n) is 17.5. The second kappa shape index (κ2) is 18.2. The summed E-state index contributed by atoms with van der Waals surface area (Å²) in [6, 6.07) is 17.3. The second-order valence-electron chi connectivity index (χ2n) is 13.2. The first kappa shape index (κ1) is 39.2. The number of carbonyl (C=O) groups is 3. The highest BCUT2D eigenvalue weighted by atomic mass is 16.8. The quantitative estimate of drug-likeness (QED) is 0.0703. The van der Waals surface area contributed by atoms with Crippen molar-refractivity contribution in [3.8, 4) is 11.5 Å². The Hall–Kier alpha value is -4.98. The lowest BCUT2D eigenvalue weighted by atomic mass is 9.98. The Morgan fingerprint density at radius 1 is 1.02 bits per heavy atom. The Bertz CT molecular complexity index is 1770. The Morgan fingerprint density at radius 3 is 2.51 bits per heavy atom. The van der Waals surface area contributed by atoms with E-state index in [4.69, 9.17) is 41.0 Å². The van der Waals surface area contributed by atoms with Crippen LogP contribution in [0.1, 0.15) is 66.8 Å². The van der Waals surface area contributed by atoms with Crippen LogP contribution in [0.4, 0.5) is 10.6 Å². The van der Waals surface area contributed by atoms with Crippen LogP contribution in [0.15, 0.2) is 85.1 Å². The zero-order valence-corrected chi connectivity index (χ0v) is 30.6. The van der Waals surface area contributed by atoms with E-state index in [0.717, 1.165) is 0 Å². The number of amides is 1. The highest BCUT2D eigenvalue weighted by Gasteiger charge is 2.45. The normalized spacial score (nSPS) is 23.0. The molecular weight excluding hydrogens is 679 g/mol. The van der Waals surface area contributed by atoms with Gasteiger partial charge in [0, 0.05) is 31.8 Å². The number of hydrogen-bond acceptors (Lipinski definition) is 11. The van der Waals surface area contributed by atoms with Crippen LogP contribution in [-0.2, 0) is 23.7 Å². The topological polar surface area (TPSA) is 132 Å². The van der Waals surface area contributed by atoms with Gasteiger partial charge in [-0.15, -0.1) is 0 Å². The number of hydrogen-bond donors (Lipinski definition) is 0. The largest absolute Gasteiger partial charge is 0.493 e. The average Bonchev–Trinajstić information content (AvgIpc) is 3.45. The number of methoxy groups -OCH3 is 1. The summed E-state index contributed by atoms with van der Waals surface area (Å²) in [5.41, 5.74) is 1.07. The van der Waals surface area contributed by atoms with Crippen LogP contribution in [0.3, 0.4) is 0 Å². The summed E-state index contributed by atoms with van der Waals surface area (Å²) in [5.74, 6) is -1.93. The molecule has 1 aromatic heterocycles. The van der Waals surface area contributed by atoms with Crippen molar-refractivity contribution in [1.29, 1.82) is 0 Å². The van der Waals surface area contributed by atoms with Gasteiger partial charge in [-0.2, -0.15) is 0 Å². The molecule has 3 aromatic rings. The second-order valence-corrected chi connectivity index (χ2v) is 13.2. The summed E-state index contributed by atoms with van der Waals surface area (Å²) in [6.45, 7) is 7.65. The van der Waals surface area contributed by atoms with Gasteiger partial charge in [-0.3, -0.25) is 4.79 Å². The molecule has 0 aliphatic carbocycles. The summed E-state index contributed by atoms with van der Waals surface area (Å²) >= 11 is 0. The predicted octanol–water partition coefficient (Wildman–Crippen LogP) is 6.53. The molecule has 5 rings (SSSR count). The first-order chi connectivity index (χ1) is 25.5. The van der Waals surface area contributed by atoms with E-state index in [1.54, 1.807) is 79.9 Å². The van der Waals surface area contributed by atoms with Crippen LogP contribution < -0.4 is 14.4 Å².